The second-order valence-corrected chi connectivity index (χ2v) is 7.98. The molecule has 0 unspecified atom stereocenters. The molecule has 0 radical (unpaired) electrons. The molecule has 0 atom stereocenters. The van der Waals surface area contributed by atoms with Gasteiger partial charge in [-0.2, -0.15) is 0 Å². The molecule has 3 rings (SSSR count). The van der Waals surface area contributed by atoms with E-state index in [0.717, 1.165) is 62.5 Å². The zero-order chi connectivity index (χ0) is 20.3. The Morgan fingerprint density at radius 1 is 1.07 bits per heavy atom. The zero-order valence-corrected chi connectivity index (χ0v) is 17.7. The summed E-state index contributed by atoms with van der Waals surface area (Å²) in [6.07, 6.45) is 0. The van der Waals surface area contributed by atoms with Crippen LogP contribution in [0.1, 0.15) is 11.1 Å². The fourth-order valence-electron chi connectivity index (χ4n) is 3.15. The predicted molar refractivity (Wildman–Crippen MR) is 118 cm³/mol. The van der Waals surface area contributed by atoms with Gasteiger partial charge in [-0.15, -0.1) is 11.8 Å². The van der Waals surface area contributed by atoms with Crippen LogP contribution < -0.4 is 10.6 Å². The van der Waals surface area contributed by atoms with Crippen LogP contribution >= 0.6 is 11.8 Å². The Balaban J connectivity index is 1.43. The normalized spacial score (nSPS) is 15.3. The van der Waals surface area contributed by atoms with Crippen molar-refractivity contribution in [2.24, 2.45) is 4.99 Å². The summed E-state index contributed by atoms with van der Waals surface area (Å²) in [5.74, 6) is 1.46. The number of rotatable bonds is 8. The summed E-state index contributed by atoms with van der Waals surface area (Å²) in [4.78, 5) is 7.81. The standard InChI is InChI=1S/C22H29FN4OS/c1-24-22(25-10-15-29-21-8-6-20(23)7-9-21)26-16-18-4-2-3-5-19(18)17-27-11-13-28-14-12-27/h2-9H,10-17H2,1H3,(H2,24,25,26). The Bertz CT molecular complexity index is 779. The molecule has 156 valence electrons. The van der Waals surface area contributed by atoms with E-state index in [-0.39, 0.29) is 5.82 Å². The molecule has 2 aromatic carbocycles. The van der Waals surface area contributed by atoms with Crippen molar-refractivity contribution in [2.45, 2.75) is 18.0 Å². The summed E-state index contributed by atoms with van der Waals surface area (Å²) < 4.78 is 18.4. The minimum Gasteiger partial charge on any atom is -0.379 e. The first-order valence-electron chi connectivity index (χ1n) is 9.94. The average molecular weight is 417 g/mol. The molecule has 7 heteroatoms. The first kappa shape index (κ1) is 21.6. The Morgan fingerprint density at radius 3 is 2.52 bits per heavy atom. The van der Waals surface area contributed by atoms with Crippen LogP contribution in [0, 0.1) is 5.82 Å². The number of hydrogen-bond acceptors (Lipinski definition) is 4. The molecule has 29 heavy (non-hydrogen) atoms. The van der Waals surface area contributed by atoms with E-state index in [1.54, 1.807) is 30.9 Å². The van der Waals surface area contributed by atoms with Gasteiger partial charge in [-0.3, -0.25) is 9.89 Å². The molecule has 1 saturated heterocycles. The van der Waals surface area contributed by atoms with Crippen LogP contribution in [-0.2, 0) is 17.8 Å². The zero-order valence-electron chi connectivity index (χ0n) is 16.9. The second kappa shape index (κ2) is 11.8. The smallest absolute Gasteiger partial charge is 0.191 e. The van der Waals surface area contributed by atoms with Gasteiger partial charge in [0.05, 0.1) is 13.2 Å². The number of thioether (sulfide) groups is 1. The van der Waals surface area contributed by atoms with Crippen molar-refractivity contribution in [3.63, 3.8) is 0 Å². The lowest BCUT2D eigenvalue weighted by molar-refractivity contribution is 0.0341. The number of nitrogens with zero attached hydrogens (tertiary/aromatic N) is 2. The van der Waals surface area contributed by atoms with E-state index < -0.39 is 0 Å². The van der Waals surface area contributed by atoms with Gasteiger partial charge >= 0.3 is 0 Å². The van der Waals surface area contributed by atoms with Gasteiger partial charge < -0.3 is 15.4 Å². The van der Waals surface area contributed by atoms with Crippen LogP contribution in [-0.4, -0.2) is 56.5 Å². The summed E-state index contributed by atoms with van der Waals surface area (Å²) in [6, 6.07) is 15.1. The number of hydrogen-bond donors (Lipinski definition) is 2. The van der Waals surface area contributed by atoms with Crippen molar-refractivity contribution in [3.8, 4) is 0 Å². The molecule has 1 aliphatic rings. The van der Waals surface area contributed by atoms with Crippen LogP contribution in [0.5, 0.6) is 0 Å². The molecule has 1 heterocycles. The Kier molecular flexibility index (Phi) is 8.80. The molecule has 0 aliphatic carbocycles. The highest BCUT2D eigenvalue weighted by molar-refractivity contribution is 7.99. The van der Waals surface area contributed by atoms with E-state index in [1.807, 2.05) is 0 Å². The molecule has 0 aromatic heterocycles. The van der Waals surface area contributed by atoms with Crippen molar-refractivity contribution in [1.29, 1.82) is 0 Å². The number of halogens is 1. The molecule has 0 saturated carbocycles. The molecule has 0 spiro atoms. The number of guanidine groups is 1. The van der Waals surface area contributed by atoms with Gasteiger partial charge in [0.15, 0.2) is 5.96 Å². The van der Waals surface area contributed by atoms with Crippen molar-refractivity contribution in [3.05, 3.63) is 65.5 Å². The lowest BCUT2D eigenvalue weighted by Gasteiger charge is -2.27. The number of aliphatic imine (C=N–C) groups is 1. The average Bonchev–Trinajstić information content (AvgIpc) is 2.76. The molecular weight excluding hydrogens is 387 g/mol. The van der Waals surface area contributed by atoms with Crippen LogP contribution in [0.2, 0.25) is 0 Å². The number of benzene rings is 2. The second-order valence-electron chi connectivity index (χ2n) is 6.81. The third kappa shape index (κ3) is 7.34. The minimum absolute atomic E-state index is 0.203. The number of morpholine rings is 1. The Morgan fingerprint density at radius 2 is 1.79 bits per heavy atom. The quantitative estimate of drug-likeness (QED) is 0.300. The fraction of sp³-hybridized carbons (Fsp3) is 0.409. The lowest BCUT2D eigenvalue weighted by atomic mass is 10.1. The highest BCUT2D eigenvalue weighted by Crippen LogP contribution is 2.17. The van der Waals surface area contributed by atoms with Gasteiger partial charge in [0.25, 0.3) is 0 Å². The Hall–Kier alpha value is -2.09. The fourth-order valence-corrected chi connectivity index (χ4v) is 3.92. The van der Waals surface area contributed by atoms with Gasteiger partial charge in [0, 0.05) is 50.4 Å². The minimum atomic E-state index is -0.203. The molecular formula is C22H29FN4OS. The molecule has 2 N–H and O–H groups in total. The molecule has 1 aliphatic heterocycles. The van der Waals surface area contributed by atoms with Crippen LogP contribution in [0.3, 0.4) is 0 Å². The van der Waals surface area contributed by atoms with E-state index >= 15 is 0 Å². The lowest BCUT2D eigenvalue weighted by Crippen LogP contribution is -2.38. The first-order chi connectivity index (χ1) is 14.2. The van der Waals surface area contributed by atoms with E-state index in [9.17, 15) is 4.39 Å². The molecule has 2 aromatic rings. The Labute approximate surface area is 176 Å². The predicted octanol–water partition coefficient (Wildman–Crippen LogP) is 3.12. The molecule has 0 bridgehead atoms. The van der Waals surface area contributed by atoms with Gasteiger partial charge in [-0.25, -0.2) is 4.39 Å². The maximum Gasteiger partial charge on any atom is 0.191 e. The van der Waals surface area contributed by atoms with Gasteiger partial charge in [-0.1, -0.05) is 24.3 Å². The first-order valence-corrected chi connectivity index (χ1v) is 10.9. The summed E-state index contributed by atoms with van der Waals surface area (Å²) >= 11 is 1.69. The van der Waals surface area contributed by atoms with Gasteiger partial charge in [-0.05, 0) is 35.4 Å². The monoisotopic (exact) mass is 416 g/mol. The van der Waals surface area contributed by atoms with E-state index in [4.69, 9.17) is 4.74 Å². The van der Waals surface area contributed by atoms with Crippen molar-refractivity contribution < 1.29 is 9.13 Å². The van der Waals surface area contributed by atoms with Crippen LogP contribution in [0.15, 0.2) is 58.4 Å². The van der Waals surface area contributed by atoms with Crippen molar-refractivity contribution >= 4 is 17.7 Å². The topological polar surface area (TPSA) is 48.9 Å². The maximum atomic E-state index is 13.0. The highest BCUT2D eigenvalue weighted by atomic mass is 32.2. The number of ether oxygens (including phenoxy) is 1. The summed E-state index contributed by atoms with van der Waals surface area (Å²) in [5.41, 5.74) is 2.62. The highest BCUT2D eigenvalue weighted by Gasteiger charge is 2.12. The third-order valence-electron chi connectivity index (χ3n) is 4.76. The van der Waals surface area contributed by atoms with Gasteiger partial charge in [0.2, 0.25) is 0 Å². The molecule has 0 amide bonds. The van der Waals surface area contributed by atoms with Crippen LogP contribution in [0.4, 0.5) is 4.39 Å². The SMILES string of the molecule is CN=C(NCCSc1ccc(F)cc1)NCc1ccccc1CN1CCOCC1. The van der Waals surface area contributed by atoms with E-state index in [0.29, 0.717) is 0 Å². The summed E-state index contributed by atoms with van der Waals surface area (Å²) in [5, 5.41) is 6.75. The van der Waals surface area contributed by atoms with Crippen molar-refractivity contribution in [2.75, 3.05) is 45.6 Å². The summed E-state index contributed by atoms with van der Waals surface area (Å²) in [7, 11) is 1.78. The van der Waals surface area contributed by atoms with Gasteiger partial charge in [0.1, 0.15) is 5.82 Å². The third-order valence-corrected chi connectivity index (χ3v) is 5.78. The molecule has 5 nitrogen and oxygen atoms in total. The summed E-state index contributed by atoms with van der Waals surface area (Å²) in [6.45, 7) is 6.04. The van der Waals surface area contributed by atoms with E-state index in [1.165, 1.54) is 23.3 Å². The number of nitrogens with one attached hydrogen (secondary N) is 2. The van der Waals surface area contributed by atoms with E-state index in [2.05, 4.69) is 44.8 Å². The van der Waals surface area contributed by atoms with Crippen molar-refractivity contribution in [1.82, 2.24) is 15.5 Å². The molecule has 1 fully saturated rings. The maximum absolute atomic E-state index is 13.0. The largest absolute Gasteiger partial charge is 0.379 e. The van der Waals surface area contributed by atoms with Crippen LogP contribution in [0.25, 0.3) is 0 Å².